The first-order valence-corrected chi connectivity index (χ1v) is 9.71. The zero-order chi connectivity index (χ0) is 25.1. The van der Waals surface area contributed by atoms with Gasteiger partial charge in [0.2, 0.25) is 17.7 Å². The summed E-state index contributed by atoms with van der Waals surface area (Å²) in [6.45, 7) is 1.16. The quantitative estimate of drug-likeness (QED) is 0.137. The normalized spacial score (nSPS) is 14.2. The topological polar surface area (TPSA) is 254 Å². The van der Waals surface area contributed by atoms with Crippen LogP contribution in [0.5, 0.6) is 0 Å². The van der Waals surface area contributed by atoms with Crippen LogP contribution in [0.25, 0.3) is 0 Å². The number of carboxylic acid groups (broad SMARTS) is 3. The number of carbonyl (C=O) groups is 6. The van der Waals surface area contributed by atoms with Crippen molar-refractivity contribution in [2.75, 3.05) is 0 Å². The van der Waals surface area contributed by atoms with Crippen molar-refractivity contribution in [3.63, 3.8) is 0 Å². The van der Waals surface area contributed by atoms with Crippen molar-refractivity contribution in [3.05, 3.63) is 18.2 Å². The first kappa shape index (κ1) is 27.0. The SMILES string of the molecule is CC(NC(=O)C(CCC(=O)O)NC(=O)C(CC(=O)O)NC(=O)C(N)Cc1cnc[nH]1)C(=O)O. The van der Waals surface area contributed by atoms with Crippen LogP contribution in [0.15, 0.2) is 12.5 Å². The number of imidazole rings is 1. The molecule has 0 aromatic carbocycles. The second-order valence-electron chi connectivity index (χ2n) is 7.11. The number of rotatable bonds is 14. The molecule has 4 unspecified atom stereocenters. The molecule has 15 heteroatoms. The summed E-state index contributed by atoms with van der Waals surface area (Å²) in [5.74, 6) is -7.02. The third-order valence-electron chi connectivity index (χ3n) is 4.35. The average molecular weight is 470 g/mol. The predicted molar refractivity (Wildman–Crippen MR) is 108 cm³/mol. The molecule has 182 valence electrons. The van der Waals surface area contributed by atoms with Crippen LogP contribution in [0.1, 0.15) is 31.9 Å². The van der Waals surface area contributed by atoms with E-state index in [1.807, 2.05) is 0 Å². The van der Waals surface area contributed by atoms with Crippen LogP contribution in [0.3, 0.4) is 0 Å². The number of aromatic nitrogens is 2. The van der Waals surface area contributed by atoms with Crippen molar-refractivity contribution in [1.29, 1.82) is 0 Å². The van der Waals surface area contributed by atoms with Crippen molar-refractivity contribution in [3.8, 4) is 0 Å². The van der Waals surface area contributed by atoms with E-state index in [1.165, 1.54) is 12.5 Å². The first-order valence-electron chi connectivity index (χ1n) is 9.71. The molecule has 0 aliphatic rings. The summed E-state index contributed by atoms with van der Waals surface area (Å²) in [6.07, 6.45) is 1.00. The zero-order valence-corrected chi connectivity index (χ0v) is 17.6. The van der Waals surface area contributed by atoms with Gasteiger partial charge in [0, 0.05) is 24.7 Å². The zero-order valence-electron chi connectivity index (χ0n) is 17.6. The molecule has 0 saturated heterocycles. The Bertz CT molecular complexity index is 873. The van der Waals surface area contributed by atoms with Gasteiger partial charge in [0.05, 0.1) is 18.8 Å². The van der Waals surface area contributed by atoms with E-state index in [4.69, 9.17) is 21.1 Å². The number of hydrogen-bond donors (Lipinski definition) is 8. The lowest BCUT2D eigenvalue weighted by Gasteiger charge is -2.23. The van der Waals surface area contributed by atoms with Gasteiger partial charge in [0.1, 0.15) is 18.1 Å². The standard InChI is InChI=1S/C18H26N6O9/c1-8(18(32)33)22-16(30)11(2-3-13(25)26)23-17(31)12(5-14(27)28)24-15(29)10(19)4-9-6-20-7-21-9/h6-8,10-12H,2-5,19H2,1H3,(H,20,21)(H,22,30)(H,23,31)(H,24,29)(H,25,26)(H,27,28)(H,32,33). The van der Waals surface area contributed by atoms with Gasteiger partial charge in [-0.3, -0.25) is 28.8 Å². The highest BCUT2D eigenvalue weighted by molar-refractivity contribution is 5.95. The van der Waals surface area contributed by atoms with Gasteiger partial charge in [0.25, 0.3) is 0 Å². The molecule has 33 heavy (non-hydrogen) atoms. The largest absolute Gasteiger partial charge is 0.481 e. The van der Waals surface area contributed by atoms with Gasteiger partial charge >= 0.3 is 17.9 Å². The summed E-state index contributed by atoms with van der Waals surface area (Å²) < 4.78 is 0. The van der Waals surface area contributed by atoms with Crippen LogP contribution in [0, 0.1) is 0 Å². The van der Waals surface area contributed by atoms with E-state index in [2.05, 4.69) is 25.9 Å². The molecular formula is C18H26N6O9. The number of aromatic amines is 1. The summed E-state index contributed by atoms with van der Waals surface area (Å²) in [5.41, 5.74) is 6.30. The van der Waals surface area contributed by atoms with Crippen molar-refractivity contribution in [1.82, 2.24) is 25.9 Å². The van der Waals surface area contributed by atoms with E-state index >= 15 is 0 Å². The predicted octanol–water partition coefficient (Wildman–Crippen LogP) is -2.82. The van der Waals surface area contributed by atoms with Crippen LogP contribution in [0.2, 0.25) is 0 Å². The Labute approximate surface area is 187 Å². The molecule has 15 nitrogen and oxygen atoms in total. The van der Waals surface area contributed by atoms with E-state index in [9.17, 15) is 28.8 Å². The highest BCUT2D eigenvalue weighted by Gasteiger charge is 2.31. The molecule has 1 rings (SSSR count). The summed E-state index contributed by atoms with van der Waals surface area (Å²) in [5, 5.41) is 33.3. The van der Waals surface area contributed by atoms with Crippen molar-refractivity contribution < 1.29 is 44.1 Å². The maximum Gasteiger partial charge on any atom is 0.325 e. The van der Waals surface area contributed by atoms with E-state index < -0.39 is 79.1 Å². The summed E-state index contributed by atoms with van der Waals surface area (Å²) in [4.78, 5) is 76.9. The fourth-order valence-corrected chi connectivity index (χ4v) is 2.57. The number of carbonyl (C=O) groups excluding carboxylic acids is 3. The average Bonchev–Trinajstić information content (AvgIpc) is 3.22. The number of aliphatic carboxylic acids is 3. The van der Waals surface area contributed by atoms with Crippen LogP contribution < -0.4 is 21.7 Å². The Morgan fingerprint density at radius 1 is 0.970 bits per heavy atom. The third kappa shape index (κ3) is 9.77. The van der Waals surface area contributed by atoms with Crippen LogP contribution in [0.4, 0.5) is 0 Å². The van der Waals surface area contributed by atoms with Gasteiger partial charge in [-0.05, 0) is 13.3 Å². The highest BCUT2D eigenvalue weighted by Crippen LogP contribution is 2.04. The Hall–Kier alpha value is -4.01. The van der Waals surface area contributed by atoms with E-state index in [0.29, 0.717) is 5.69 Å². The Morgan fingerprint density at radius 2 is 1.58 bits per heavy atom. The minimum Gasteiger partial charge on any atom is -0.481 e. The smallest absolute Gasteiger partial charge is 0.325 e. The minimum absolute atomic E-state index is 0.0178. The second-order valence-corrected chi connectivity index (χ2v) is 7.11. The first-order chi connectivity index (χ1) is 15.4. The number of nitrogens with zero attached hydrogens (tertiary/aromatic N) is 1. The molecule has 4 atom stereocenters. The third-order valence-corrected chi connectivity index (χ3v) is 4.35. The maximum atomic E-state index is 12.6. The van der Waals surface area contributed by atoms with Crippen molar-refractivity contribution in [2.45, 2.75) is 56.8 Å². The fraction of sp³-hybridized carbons (Fsp3) is 0.500. The molecule has 0 bridgehead atoms. The number of amides is 3. The van der Waals surface area contributed by atoms with Crippen LogP contribution in [-0.4, -0.2) is 85.1 Å². The Morgan fingerprint density at radius 3 is 2.09 bits per heavy atom. The summed E-state index contributed by atoms with van der Waals surface area (Å²) in [7, 11) is 0. The van der Waals surface area contributed by atoms with Gasteiger partial charge in [-0.2, -0.15) is 0 Å². The lowest BCUT2D eigenvalue weighted by atomic mass is 10.1. The molecule has 1 heterocycles. The maximum absolute atomic E-state index is 12.6. The minimum atomic E-state index is -1.64. The second kappa shape index (κ2) is 12.7. The van der Waals surface area contributed by atoms with E-state index in [1.54, 1.807) is 0 Å². The highest BCUT2D eigenvalue weighted by atomic mass is 16.4. The molecular weight excluding hydrogens is 444 g/mol. The lowest BCUT2D eigenvalue weighted by molar-refractivity contribution is -0.143. The van der Waals surface area contributed by atoms with E-state index in [-0.39, 0.29) is 6.42 Å². The summed E-state index contributed by atoms with van der Waals surface area (Å²) in [6, 6.07) is -5.63. The molecule has 1 aromatic rings. The Kier molecular flexibility index (Phi) is 10.4. The Balaban J connectivity index is 2.91. The van der Waals surface area contributed by atoms with Crippen molar-refractivity contribution in [2.24, 2.45) is 5.73 Å². The van der Waals surface area contributed by atoms with E-state index in [0.717, 1.165) is 6.92 Å². The molecule has 0 aliphatic heterocycles. The van der Waals surface area contributed by atoms with Gasteiger partial charge in [-0.25, -0.2) is 4.98 Å². The summed E-state index contributed by atoms with van der Waals surface area (Å²) >= 11 is 0. The number of H-pyrrole nitrogens is 1. The molecule has 3 amide bonds. The molecule has 0 fully saturated rings. The number of nitrogens with one attached hydrogen (secondary N) is 4. The molecule has 9 N–H and O–H groups in total. The molecule has 0 saturated carbocycles. The molecule has 0 radical (unpaired) electrons. The fourth-order valence-electron chi connectivity index (χ4n) is 2.57. The monoisotopic (exact) mass is 470 g/mol. The lowest BCUT2D eigenvalue weighted by Crippen LogP contribution is -2.57. The van der Waals surface area contributed by atoms with Crippen molar-refractivity contribution >= 4 is 35.6 Å². The molecule has 1 aromatic heterocycles. The molecule has 0 aliphatic carbocycles. The van der Waals surface area contributed by atoms with Gasteiger partial charge in [0.15, 0.2) is 0 Å². The van der Waals surface area contributed by atoms with Crippen LogP contribution in [-0.2, 0) is 35.2 Å². The number of carboxylic acids is 3. The van der Waals surface area contributed by atoms with Crippen LogP contribution >= 0.6 is 0 Å². The number of hydrogen-bond acceptors (Lipinski definition) is 8. The molecule has 0 spiro atoms. The van der Waals surface area contributed by atoms with Gasteiger partial charge < -0.3 is 42.0 Å². The van der Waals surface area contributed by atoms with Gasteiger partial charge in [-0.1, -0.05) is 0 Å². The van der Waals surface area contributed by atoms with Gasteiger partial charge in [-0.15, -0.1) is 0 Å². The number of nitrogens with two attached hydrogens (primary N) is 1.